The van der Waals surface area contributed by atoms with Crippen molar-refractivity contribution >= 4 is 17.7 Å². The van der Waals surface area contributed by atoms with Crippen LogP contribution in [0.2, 0.25) is 0 Å². The molecule has 0 heterocycles. The average Bonchev–Trinajstić information content (AvgIpc) is 2.81. The molecule has 0 radical (unpaired) electrons. The number of carboxylic acid groups (broad SMARTS) is 1. The van der Waals surface area contributed by atoms with Crippen molar-refractivity contribution in [3.63, 3.8) is 0 Å². The molecule has 0 saturated heterocycles. The van der Waals surface area contributed by atoms with E-state index in [1.54, 1.807) is 11.8 Å². The van der Waals surface area contributed by atoms with Gasteiger partial charge in [-0.3, -0.25) is 4.79 Å². The maximum absolute atomic E-state index is 11.3. The first-order chi connectivity index (χ1) is 16.8. The molecule has 5 rings (SSSR count). The monoisotopic (exact) mass is 512 g/mol. The maximum Gasteiger partial charge on any atom is 0.304 e. The van der Waals surface area contributed by atoms with Crippen LogP contribution in [0.4, 0.5) is 0 Å². The smallest absolute Gasteiger partial charge is 0.304 e. The highest BCUT2D eigenvalue weighted by Crippen LogP contribution is 2.74. The van der Waals surface area contributed by atoms with Crippen LogP contribution in [0.1, 0.15) is 108 Å². The van der Waals surface area contributed by atoms with Crippen LogP contribution in [0.3, 0.4) is 0 Å². The number of hydrogen-bond acceptors (Lipinski definition) is 4. The van der Waals surface area contributed by atoms with E-state index in [1.807, 2.05) is 13.0 Å². The number of carbonyl (C=O) groups is 1. The number of benzene rings is 1. The van der Waals surface area contributed by atoms with Gasteiger partial charge >= 0.3 is 5.97 Å². The van der Waals surface area contributed by atoms with Gasteiger partial charge in [0.2, 0.25) is 0 Å². The van der Waals surface area contributed by atoms with E-state index >= 15 is 0 Å². The summed E-state index contributed by atoms with van der Waals surface area (Å²) in [6.45, 7) is 14.3. The van der Waals surface area contributed by atoms with Crippen molar-refractivity contribution in [3.8, 4) is 11.5 Å². The topological polar surface area (TPSA) is 77.8 Å². The van der Waals surface area contributed by atoms with Crippen LogP contribution in [0.5, 0.6) is 11.5 Å². The summed E-state index contributed by atoms with van der Waals surface area (Å²) >= 11 is 1.66. The lowest BCUT2D eigenvalue weighted by Crippen LogP contribution is -2.61. The number of phenolic OH excluding ortho intramolecular Hbond substituents is 2. The SMILES string of the molecule is Cc1c(O)c(O)cc2c1C(SCCC(=O)O)C=C1[C@@]2(C)CC[C@@]2(C)[C@@H]3C[C@@H](C)CC[C@]3(C)CC[C@]12C. The minimum absolute atomic E-state index is 0.0216. The zero-order valence-corrected chi connectivity index (χ0v) is 23.7. The summed E-state index contributed by atoms with van der Waals surface area (Å²) in [4.78, 5) is 11.3. The van der Waals surface area contributed by atoms with Gasteiger partial charge in [0.25, 0.3) is 0 Å². The molecule has 0 amide bonds. The van der Waals surface area contributed by atoms with E-state index in [1.165, 1.54) is 44.1 Å². The maximum atomic E-state index is 11.3. The van der Waals surface area contributed by atoms with Crippen molar-refractivity contribution in [2.24, 2.45) is 28.1 Å². The molecule has 1 aromatic carbocycles. The summed E-state index contributed by atoms with van der Waals surface area (Å²) in [7, 11) is 0. The Labute approximate surface area is 221 Å². The van der Waals surface area contributed by atoms with Crippen molar-refractivity contribution < 1.29 is 20.1 Å². The molecule has 4 aliphatic carbocycles. The highest BCUT2D eigenvalue weighted by atomic mass is 32.2. The number of aromatic hydroxyl groups is 2. The van der Waals surface area contributed by atoms with E-state index in [4.69, 9.17) is 0 Å². The van der Waals surface area contributed by atoms with Crippen LogP contribution in [-0.2, 0) is 10.2 Å². The van der Waals surface area contributed by atoms with Gasteiger partial charge in [0.1, 0.15) is 0 Å². The normalized spacial score (nSPS) is 41.4. The van der Waals surface area contributed by atoms with E-state index in [0.717, 1.165) is 29.0 Å². The lowest BCUT2D eigenvalue weighted by atomic mass is 9.35. The first-order valence-corrected chi connectivity index (χ1v) is 14.9. The molecule has 0 aliphatic heterocycles. The lowest BCUT2D eigenvalue weighted by molar-refractivity contribution is -0.145. The zero-order valence-electron chi connectivity index (χ0n) is 22.9. The molecule has 1 unspecified atom stereocenters. The second kappa shape index (κ2) is 8.44. The Kier molecular flexibility index (Phi) is 6.10. The summed E-state index contributed by atoms with van der Waals surface area (Å²) in [5.41, 5.74) is 4.91. The summed E-state index contributed by atoms with van der Waals surface area (Å²) in [5.74, 6) is 1.13. The number of hydrogen-bond donors (Lipinski definition) is 3. The highest BCUT2D eigenvalue weighted by Gasteiger charge is 2.65. The Bertz CT molecular complexity index is 1130. The molecule has 4 nitrogen and oxygen atoms in total. The predicted octanol–water partition coefficient (Wildman–Crippen LogP) is 7.90. The summed E-state index contributed by atoms with van der Waals surface area (Å²) in [6, 6.07) is 1.82. The van der Waals surface area contributed by atoms with Crippen molar-refractivity contribution in [3.05, 3.63) is 34.4 Å². The average molecular weight is 513 g/mol. The Balaban J connectivity index is 1.66. The molecular formula is C31H44O4S. The van der Waals surface area contributed by atoms with Crippen molar-refractivity contribution in [2.45, 2.75) is 104 Å². The number of fused-ring (bicyclic) bond motifs is 7. The van der Waals surface area contributed by atoms with Crippen LogP contribution in [0.25, 0.3) is 0 Å². The van der Waals surface area contributed by atoms with Gasteiger partial charge in [0, 0.05) is 16.4 Å². The molecule has 1 aromatic rings. The van der Waals surface area contributed by atoms with Crippen LogP contribution >= 0.6 is 11.8 Å². The van der Waals surface area contributed by atoms with Crippen LogP contribution in [-0.4, -0.2) is 27.0 Å². The van der Waals surface area contributed by atoms with Gasteiger partial charge in [-0.2, -0.15) is 0 Å². The van der Waals surface area contributed by atoms with Gasteiger partial charge in [0.15, 0.2) is 11.5 Å². The van der Waals surface area contributed by atoms with Gasteiger partial charge < -0.3 is 15.3 Å². The Morgan fingerprint density at radius 3 is 2.50 bits per heavy atom. The van der Waals surface area contributed by atoms with Gasteiger partial charge in [0.05, 0.1) is 6.42 Å². The Hall–Kier alpha value is -1.62. The van der Waals surface area contributed by atoms with Crippen molar-refractivity contribution in [1.82, 2.24) is 0 Å². The largest absolute Gasteiger partial charge is 0.504 e. The molecule has 3 N–H and O–H groups in total. The molecule has 0 spiro atoms. The van der Waals surface area contributed by atoms with Crippen LogP contribution < -0.4 is 0 Å². The fourth-order valence-corrected chi connectivity index (χ4v) is 10.4. The standard InChI is InChI=1S/C31H44O4S/c1-18-7-9-28(3)10-12-31(6)24-17-22(36-14-8-25(33)34)26-19(2)27(35)21(32)16-20(26)29(24,4)11-13-30(31,5)23(28)15-18/h16-18,22-23,32,35H,7-15H2,1-6H3,(H,33,34)/t18-,22?,23+,28+,29-,30-,31+/m0/s1. The molecule has 0 bridgehead atoms. The number of rotatable bonds is 4. The third-order valence-corrected chi connectivity index (χ3v) is 12.8. The second-order valence-corrected chi connectivity index (χ2v) is 14.8. The fraction of sp³-hybridized carbons (Fsp3) is 0.710. The van der Waals surface area contributed by atoms with E-state index < -0.39 is 5.97 Å². The van der Waals surface area contributed by atoms with E-state index in [-0.39, 0.29) is 39.4 Å². The minimum Gasteiger partial charge on any atom is -0.504 e. The number of carboxylic acids is 1. The van der Waals surface area contributed by atoms with Crippen molar-refractivity contribution in [2.75, 3.05) is 5.75 Å². The van der Waals surface area contributed by atoms with Gasteiger partial charge in [-0.25, -0.2) is 0 Å². The minimum atomic E-state index is -0.781. The molecular weight excluding hydrogens is 468 g/mol. The molecule has 4 aliphatic rings. The molecule has 198 valence electrons. The predicted molar refractivity (Wildman–Crippen MR) is 147 cm³/mol. The summed E-state index contributed by atoms with van der Waals surface area (Å²) in [5, 5.41) is 30.6. The van der Waals surface area contributed by atoms with Crippen molar-refractivity contribution in [1.29, 1.82) is 0 Å². The molecule has 5 heteroatoms. The quantitative estimate of drug-likeness (QED) is 0.282. The van der Waals surface area contributed by atoms with Gasteiger partial charge in [-0.1, -0.05) is 52.7 Å². The van der Waals surface area contributed by atoms with E-state index in [0.29, 0.717) is 17.1 Å². The first kappa shape index (κ1) is 26.0. The van der Waals surface area contributed by atoms with Crippen LogP contribution in [0.15, 0.2) is 17.7 Å². The molecule has 0 aromatic heterocycles. The van der Waals surface area contributed by atoms with Crippen LogP contribution in [0, 0.1) is 35.0 Å². The number of phenols is 2. The van der Waals surface area contributed by atoms with Gasteiger partial charge in [-0.05, 0) is 96.3 Å². The fourth-order valence-electron chi connectivity index (χ4n) is 9.15. The Morgan fingerprint density at radius 2 is 1.81 bits per heavy atom. The summed E-state index contributed by atoms with van der Waals surface area (Å²) in [6.07, 6.45) is 11.2. The number of allylic oxidation sites excluding steroid dienone is 1. The van der Waals surface area contributed by atoms with E-state index in [2.05, 4.69) is 40.7 Å². The Morgan fingerprint density at radius 1 is 1.08 bits per heavy atom. The first-order valence-electron chi connectivity index (χ1n) is 13.9. The molecule has 7 atom stereocenters. The molecule has 3 fully saturated rings. The summed E-state index contributed by atoms with van der Waals surface area (Å²) < 4.78 is 0. The molecule has 36 heavy (non-hydrogen) atoms. The third-order valence-electron chi connectivity index (χ3n) is 11.6. The lowest BCUT2D eigenvalue weighted by Gasteiger charge is -2.69. The third kappa shape index (κ3) is 3.50. The second-order valence-electron chi connectivity index (χ2n) is 13.5. The van der Waals surface area contributed by atoms with E-state index in [9.17, 15) is 20.1 Å². The highest BCUT2D eigenvalue weighted by molar-refractivity contribution is 7.99. The number of aliphatic carboxylic acids is 1. The molecule has 3 saturated carbocycles. The zero-order chi connectivity index (χ0) is 26.3. The number of thioether (sulfide) groups is 1. The van der Waals surface area contributed by atoms with Gasteiger partial charge in [-0.15, -0.1) is 11.8 Å².